The summed E-state index contributed by atoms with van der Waals surface area (Å²) in [4.78, 5) is 36.2. The molecule has 0 aliphatic carbocycles. The quantitative estimate of drug-likeness (QED) is 0.258. The van der Waals surface area contributed by atoms with Gasteiger partial charge in [0.25, 0.3) is 5.91 Å². The highest BCUT2D eigenvalue weighted by atomic mass is 16.5. The number of anilines is 2. The fraction of sp³-hybridized carbons (Fsp3) is 0.120. The second-order valence-electron chi connectivity index (χ2n) is 6.86. The third-order valence-electron chi connectivity index (χ3n) is 4.31. The van der Waals surface area contributed by atoms with Crippen LogP contribution in [0, 0.1) is 0 Å². The van der Waals surface area contributed by atoms with E-state index >= 15 is 0 Å². The Bertz CT molecular complexity index is 1160. The number of para-hydroxylation sites is 3. The number of benzene rings is 3. The molecule has 34 heavy (non-hydrogen) atoms. The normalized spacial score (nSPS) is 10.4. The predicted molar refractivity (Wildman–Crippen MR) is 129 cm³/mol. The van der Waals surface area contributed by atoms with Gasteiger partial charge in [-0.3, -0.25) is 14.4 Å². The van der Waals surface area contributed by atoms with E-state index < -0.39 is 11.8 Å². The average Bonchev–Trinajstić information content (AvgIpc) is 2.85. The van der Waals surface area contributed by atoms with Crippen LogP contribution in [0.15, 0.2) is 84.0 Å². The third kappa shape index (κ3) is 7.49. The summed E-state index contributed by atoms with van der Waals surface area (Å²) in [6, 6.07) is 22.6. The van der Waals surface area contributed by atoms with Crippen LogP contribution >= 0.6 is 0 Å². The van der Waals surface area contributed by atoms with Crippen LogP contribution in [0.4, 0.5) is 11.4 Å². The van der Waals surface area contributed by atoms with Gasteiger partial charge in [-0.25, -0.2) is 5.43 Å². The molecule has 0 aliphatic heterocycles. The number of rotatable bonds is 9. The van der Waals surface area contributed by atoms with E-state index in [1.165, 1.54) is 6.21 Å². The number of hydrogen-bond acceptors (Lipinski definition) is 6. The summed E-state index contributed by atoms with van der Waals surface area (Å²) < 4.78 is 10.9. The summed E-state index contributed by atoms with van der Waals surface area (Å²) in [6.45, 7) is 2.07. The molecule has 0 spiro atoms. The van der Waals surface area contributed by atoms with E-state index in [1.807, 2.05) is 25.1 Å². The van der Waals surface area contributed by atoms with E-state index in [-0.39, 0.29) is 12.5 Å². The second-order valence-corrected chi connectivity index (χ2v) is 6.86. The van der Waals surface area contributed by atoms with Crippen molar-refractivity contribution < 1.29 is 23.9 Å². The van der Waals surface area contributed by atoms with E-state index in [4.69, 9.17) is 9.47 Å². The van der Waals surface area contributed by atoms with Crippen molar-refractivity contribution in [3.05, 3.63) is 84.4 Å². The minimum atomic E-state index is -0.937. The maximum Gasteiger partial charge on any atom is 0.329 e. The molecule has 3 aromatic rings. The van der Waals surface area contributed by atoms with Crippen LogP contribution in [0.1, 0.15) is 12.5 Å². The molecule has 0 aromatic heterocycles. The van der Waals surface area contributed by atoms with Crippen molar-refractivity contribution in [3.63, 3.8) is 0 Å². The molecule has 9 heteroatoms. The minimum absolute atomic E-state index is 0.171. The fourth-order valence-corrected chi connectivity index (χ4v) is 2.80. The summed E-state index contributed by atoms with van der Waals surface area (Å²) in [6.07, 6.45) is 1.36. The van der Waals surface area contributed by atoms with E-state index in [1.54, 1.807) is 60.7 Å². The van der Waals surface area contributed by atoms with Gasteiger partial charge in [-0.15, -0.1) is 0 Å². The van der Waals surface area contributed by atoms with Gasteiger partial charge < -0.3 is 20.1 Å². The van der Waals surface area contributed by atoms with Gasteiger partial charge in [0.05, 0.1) is 18.5 Å². The predicted octanol–water partition coefficient (Wildman–Crippen LogP) is 3.19. The molecule has 0 aliphatic rings. The SMILES string of the molecule is CCOc1ccccc1NC(=O)C(=O)N/N=C\c1cccc(OCC(=O)Nc2ccccc2)c1. The van der Waals surface area contributed by atoms with Gasteiger partial charge in [-0.2, -0.15) is 5.10 Å². The van der Waals surface area contributed by atoms with Crippen molar-refractivity contribution in [3.8, 4) is 11.5 Å². The van der Waals surface area contributed by atoms with Crippen LogP contribution in [0.25, 0.3) is 0 Å². The number of amides is 3. The van der Waals surface area contributed by atoms with E-state index in [9.17, 15) is 14.4 Å². The lowest BCUT2D eigenvalue weighted by molar-refractivity contribution is -0.136. The summed E-state index contributed by atoms with van der Waals surface area (Å²) in [7, 11) is 0. The third-order valence-corrected chi connectivity index (χ3v) is 4.31. The number of ether oxygens (including phenoxy) is 2. The molecular weight excluding hydrogens is 436 g/mol. The first-order chi connectivity index (χ1) is 16.5. The van der Waals surface area contributed by atoms with Crippen molar-refractivity contribution in [2.24, 2.45) is 5.10 Å². The van der Waals surface area contributed by atoms with Crippen LogP contribution in [0.2, 0.25) is 0 Å². The van der Waals surface area contributed by atoms with Crippen molar-refractivity contribution in [2.45, 2.75) is 6.92 Å². The molecule has 174 valence electrons. The Kier molecular flexibility index (Phi) is 8.75. The topological polar surface area (TPSA) is 118 Å². The number of nitrogens with zero attached hydrogens (tertiary/aromatic N) is 1. The van der Waals surface area contributed by atoms with Crippen LogP contribution in [-0.4, -0.2) is 37.1 Å². The zero-order chi connectivity index (χ0) is 24.2. The van der Waals surface area contributed by atoms with E-state index in [0.29, 0.717) is 35.0 Å². The molecule has 0 heterocycles. The lowest BCUT2D eigenvalue weighted by atomic mass is 10.2. The lowest BCUT2D eigenvalue weighted by Crippen LogP contribution is -2.32. The first kappa shape index (κ1) is 24.0. The molecule has 0 fully saturated rings. The Morgan fingerprint density at radius 3 is 2.41 bits per heavy atom. The first-order valence-electron chi connectivity index (χ1n) is 10.5. The van der Waals surface area contributed by atoms with Gasteiger partial charge in [0.1, 0.15) is 11.5 Å². The molecule has 0 unspecified atom stereocenters. The average molecular weight is 460 g/mol. The van der Waals surface area contributed by atoms with Crippen LogP contribution in [-0.2, 0) is 14.4 Å². The van der Waals surface area contributed by atoms with Gasteiger partial charge in [0.2, 0.25) is 0 Å². The number of hydrogen-bond donors (Lipinski definition) is 3. The molecule has 3 amide bonds. The molecule has 3 rings (SSSR count). The van der Waals surface area contributed by atoms with Crippen molar-refractivity contribution in [1.29, 1.82) is 0 Å². The molecule has 0 bridgehead atoms. The highest BCUT2D eigenvalue weighted by Gasteiger charge is 2.15. The Hall–Kier alpha value is -4.66. The van der Waals surface area contributed by atoms with E-state index in [2.05, 4.69) is 21.2 Å². The highest BCUT2D eigenvalue weighted by Crippen LogP contribution is 2.23. The largest absolute Gasteiger partial charge is 0.492 e. The van der Waals surface area contributed by atoms with Crippen molar-refractivity contribution >= 4 is 35.3 Å². The number of hydrazone groups is 1. The smallest absolute Gasteiger partial charge is 0.329 e. The van der Waals surface area contributed by atoms with Gasteiger partial charge in [-0.1, -0.05) is 42.5 Å². The maximum absolute atomic E-state index is 12.1. The fourth-order valence-electron chi connectivity index (χ4n) is 2.80. The molecule has 0 atom stereocenters. The van der Waals surface area contributed by atoms with Gasteiger partial charge in [0.15, 0.2) is 6.61 Å². The number of carbonyl (C=O) groups is 3. The van der Waals surface area contributed by atoms with Crippen molar-refractivity contribution in [1.82, 2.24) is 5.43 Å². The van der Waals surface area contributed by atoms with Gasteiger partial charge in [-0.05, 0) is 48.9 Å². The van der Waals surface area contributed by atoms with Crippen molar-refractivity contribution in [2.75, 3.05) is 23.8 Å². The minimum Gasteiger partial charge on any atom is -0.492 e. The number of carbonyl (C=O) groups excluding carboxylic acids is 3. The Morgan fingerprint density at radius 2 is 1.62 bits per heavy atom. The summed E-state index contributed by atoms with van der Waals surface area (Å²) >= 11 is 0. The maximum atomic E-state index is 12.1. The molecule has 0 radical (unpaired) electrons. The Balaban J connectivity index is 1.49. The molecule has 3 N–H and O–H groups in total. The standard InChI is InChI=1S/C25H24N4O5/c1-2-33-22-14-7-6-13-21(22)28-24(31)25(32)29-26-16-18-9-8-12-20(15-18)34-17-23(30)27-19-10-4-3-5-11-19/h3-16H,2,17H2,1H3,(H,27,30)(H,28,31)(H,29,32)/b26-16-. The zero-order valence-electron chi connectivity index (χ0n) is 18.5. The zero-order valence-corrected chi connectivity index (χ0v) is 18.5. The number of nitrogens with one attached hydrogen (secondary N) is 3. The molecule has 0 saturated heterocycles. The molecule has 9 nitrogen and oxygen atoms in total. The Labute approximate surface area is 196 Å². The highest BCUT2D eigenvalue weighted by molar-refractivity contribution is 6.39. The summed E-state index contributed by atoms with van der Waals surface area (Å²) in [5.41, 5.74) is 3.84. The summed E-state index contributed by atoms with van der Waals surface area (Å²) in [5, 5.41) is 9.02. The van der Waals surface area contributed by atoms with Crippen LogP contribution in [0.5, 0.6) is 11.5 Å². The van der Waals surface area contributed by atoms with Gasteiger partial charge >= 0.3 is 11.8 Å². The second kappa shape index (κ2) is 12.4. The van der Waals surface area contributed by atoms with E-state index in [0.717, 1.165) is 0 Å². The molecule has 0 saturated carbocycles. The monoisotopic (exact) mass is 460 g/mol. The first-order valence-corrected chi connectivity index (χ1v) is 10.5. The van der Waals surface area contributed by atoms with Gasteiger partial charge in [0, 0.05) is 5.69 Å². The summed E-state index contributed by atoms with van der Waals surface area (Å²) in [5.74, 6) is -1.21. The Morgan fingerprint density at radius 1 is 0.853 bits per heavy atom. The van der Waals surface area contributed by atoms with Crippen LogP contribution in [0.3, 0.4) is 0 Å². The molecule has 3 aromatic carbocycles. The van der Waals surface area contributed by atoms with Crippen LogP contribution < -0.4 is 25.5 Å². The molecular formula is C25H24N4O5. The lowest BCUT2D eigenvalue weighted by Gasteiger charge is -2.10.